The quantitative estimate of drug-likeness (QED) is 0.742. The summed E-state index contributed by atoms with van der Waals surface area (Å²) in [5.74, 6) is 1.38. The molecule has 0 aliphatic carbocycles. The Hall–Kier alpha value is -1.06. The summed E-state index contributed by atoms with van der Waals surface area (Å²) in [5, 5.41) is 9.93. The lowest BCUT2D eigenvalue weighted by Gasteiger charge is -2.13. The first-order valence-electron chi connectivity index (χ1n) is 6.03. The van der Waals surface area contributed by atoms with Gasteiger partial charge in [-0.2, -0.15) is 0 Å². The van der Waals surface area contributed by atoms with Gasteiger partial charge in [-0.3, -0.25) is 0 Å². The minimum Gasteiger partial charge on any atom is -0.497 e. The van der Waals surface area contributed by atoms with E-state index in [0.717, 1.165) is 17.7 Å². The Morgan fingerprint density at radius 3 is 2.71 bits per heavy atom. The van der Waals surface area contributed by atoms with Crippen molar-refractivity contribution in [3.05, 3.63) is 29.8 Å². The highest BCUT2D eigenvalue weighted by Crippen LogP contribution is 2.19. The van der Waals surface area contributed by atoms with Crippen LogP contribution in [0.2, 0.25) is 0 Å². The average Bonchev–Trinajstić information content (AvgIpc) is 2.34. The molecule has 1 aromatic rings. The highest BCUT2D eigenvalue weighted by Gasteiger charge is 2.08. The monoisotopic (exact) mass is 238 g/mol. The summed E-state index contributed by atoms with van der Waals surface area (Å²) in [5.41, 5.74) is 0.828. The number of aliphatic hydroxyl groups is 1. The maximum absolute atomic E-state index is 9.93. The van der Waals surface area contributed by atoms with E-state index in [-0.39, 0.29) is 0 Å². The summed E-state index contributed by atoms with van der Waals surface area (Å²) in [6, 6.07) is 7.43. The molecule has 1 unspecified atom stereocenters. The number of aliphatic hydroxyl groups excluding tert-OH is 1. The normalized spacial score (nSPS) is 12.8. The number of rotatable bonds is 7. The minimum absolute atomic E-state index is 0.333. The topological polar surface area (TPSA) is 38.7 Å². The zero-order valence-electron chi connectivity index (χ0n) is 10.8. The lowest BCUT2D eigenvalue weighted by Crippen LogP contribution is -2.09. The molecule has 17 heavy (non-hydrogen) atoms. The van der Waals surface area contributed by atoms with E-state index in [2.05, 4.69) is 13.8 Å². The van der Waals surface area contributed by atoms with Crippen LogP contribution >= 0.6 is 0 Å². The first-order valence-corrected chi connectivity index (χ1v) is 6.03. The molecule has 3 heteroatoms. The molecule has 0 aliphatic rings. The van der Waals surface area contributed by atoms with Gasteiger partial charge in [0.15, 0.2) is 0 Å². The lowest BCUT2D eigenvalue weighted by molar-refractivity contribution is 0.0318. The third kappa shape index (κ3) is 5.20. The lowest BCUT2D eigenvalue weighted by atomic mass is 10.1. The van der Waals surface area contributed by atoms with Crippen molar-refractivity contribution in [3.63, 3.8) is 0 Å². The molecule has 0 spiro atoms. The molecular formula is C14H22O3. The first kappa shape index (κ1) is 14.0. The average molecular weight is 238 g/mol. The molecule has 1 atom stereocenters. The van der Waals surface area contributed by atoms with Gasteiger partial charge in [-0.25, -0.2) is 0 Å². The Labute approximate surface area is 103 Å². The van der Waals surface area contributed by atoms with Crippen LogP contribution in [0.4, 0.5) is 0 Å². The molecule has 0 aromatic heterocycles. The second kappa shape index (κ2) is 7.30. The fraction of sp³-hybridized carbons (Fsp3) is 0.571. The van der Waals surface area contributed by atoms with E-state index in [1.54, 1.807) is 7.11 Å². The summed E-state index contributed by atoms with van der Waals surface area (Å²) in [7, 11) is 1.62. The van der Waals surface area contributed by atoms with Gasteiger partial charge < -0.3 is 14.6 Å². The first-order chi connectivity index (χ1) is 8.13. The van der Waals surface area contributed by atoms with E-state index < -0.39 is 6.10 Å². The van der Waals surface area contributed by atoms with E-state index in [4.69, 9.17) is 9.47 Å². The van der Waals surface area contributed by atoms with Crippen molar-refractivity contribution in [2.45, 2.75) is 26.4 Å². The van der Waals surface area contributed by atoms with E-state index in [0.29, 0.717) is 19.1 Å². The van der Waals surface area contributed by atoms with Gasteiger partial charge in [0.25, 0.3) is 0 Å². The SMILES string of the molecule is COc1cccc(C(O)COCCC(C)C)c1. The van der Waals surface area contributed by atoms with Crippen molar-refractivity contribution in [3.8, 4) is 5.75 Å². The van der Waals surface area contributed by atoms with Crippen LogP contribution in [0.5, 0.6) is 5.75 Å². The number of hydrogen-bond donors (Lipinski definition) is 1. The van der Waals surface area contributed by atoms with Gasteiger partial charge in [-0.15, -0.1) is 0 Å². The smallest absolute Gasteiger partial charge is 0.119 e. The van der Waals surface area contributed by atoms with Crippen LogP contribution in [0.15, 0.2) is 24.3 Å². The van der Waals surface area contributed by atoms with Crippen molar-refractivity contribution < 1.29 is 14.6 Å². The van der Waals surface area contributed by atoms with Crippen LogP contribution in [0.1, 0.15) is 31.9 Å². The van der Waals surface area contributed by atoms with Gasteiger partial charge >= 0.3 is 0 Å². The largest absolute Gasteiger partial charge is 0.497 e. The summed E-state index contributed by atoms with van der Waals surface area (Å²) in [6.07, 6.45) is 0.433. The Morgan fingerprint density at radius 1 is 1.29 bits per heavy atom. The molecule has 0 saturated carbocycles. The minimum atomic E-state index is -0.586. The Kier molecular flexibility index (Phi) is 6.01. The third-order valence-electron chi connectivity index (χ3n) is 2.59. The molecule has 0 saturated heterocycles. The van der Waals surface area contributed by atoms with Crippen LogP contribution in [-0.2, 0) is 4.74 Å². The summed E-state index contributed by atoms with van der Waals surface area (Å²) < 4.78 is 10.6. The van der Waals surface area contributed by atoms with Gasteiger partial charge in [0.05, 0.1) is 13.7 Å². The molecule has 1 N–H and O–H groups in total. The summed E-state index contributed by atoms with van der Waals surface area (Å²) >= 11 is 0. The maximum Gasteiger partial charge on any atom is 0.119 e. The van der Waals surface area contributed by atoms with Gasteiger partial charge in [0.1, 0.15) is 11.9 Å². The van der Waals surface area contributed by atoms with Gasteiger partial charge in [-0.05, 0) is 30.0 Å². The van der Waals surface area contributed by atoms with Crippen molar-refractivity contribution in [1.82, 2.24) is 0 Å². The second-order valence-electron chi connectivity index (χ2n) is 4.55. The van der Waals surface area contributed by atoms with Crippen molar-refractivity contribution in [2.75, 3.05) is 20.3 Å². The van der Waals surface area contributed by atoms with Gasteiger partial charge in [0.2, 0.25) is 0 Å². The molecule has 0 fully saturated rings. The van der Waals surface area contributed by atoms with Crippen molar-refractivity contribution in [2.24, 2.45) is 5.92 Å². The number of benzene rings is 1. The standard InChI is InChI=1S/C14H22O3/c1-11(2)7-8-17-10-14(15)12-5-4-6-13(9-12)16-3/h4-6,9,11,14-15H,7-8,10H2,1-3H3. The maximum atomic E-state index is 9.93. The van der Waals surface area contributed by atoms with Crippen LogP contribution in [0.3, 0.4) is 0 Å². The molecule has 0 amide bonds. The number of ether oxygens (including phenoxy) is 2. The summed E-state index contributed by atoms with van der Waals surface area (Å²) in [4.78, 5) is 0. The van der Waals surface area contributed by atoms with Gasteiger partial charge in [0, 0.05) is 6.61 Å². The third-order valence-corrected chi connectivity index (χ3v) is 2.59. The molecule has 3 nitrogen and oxygen atoms in total. The van der Waals surface area contributed by atoms with E-state index in [1.807, 2.05) is 24.3 Å². The Balaban J connectivity index is 2.38. The molecule has 1 rings (SSSR count). The molecule has 0 aliphatic heterocycles. The molecule has 1 aromatic carbocycles. The van der Waals surface area contributed by atoms with Crippen LogP contribution in [0, 0.1) is 5.92 Å². The molecule has 0 bridgehead atoms. The van der Waals surface area contributed by atoms with Crippen molar-refractivity contribution in [1.29, 1.82) is 0 Å². The van der Waals surface area contributed by atoms with Gasteiger partial charge in [-0.1, -0.05) is 26.0 Å². The number of methoxy groups -OCH3 is 1. The van der Waals surface area contributed by atoms with E-state index in [9.17, 15) is 5.11 Å². The Morgan fingerprint density at radius 2 is 2.06 bits per heavy atom. The summed E-state index contributed by atoms with van der Waals surface area (Å²) in [6.45, 7) is 5.34. The van der Waals surface area contributed by atoms with Crippen LogP contribution in [0.25, 0.3) is 0 Å². The predicted molar refractivity (Wildman–Crippen MR) is 68.2 cm³/mol. The fourth-order valence-electron chi connectivity index (χ4n) is 1.46. The second-order valence-corrected chi connectivity index (χ2v) is 4.55. The van der Waals surface area contributed by atoms with Crippen LogP contribution < -0.4 is 4.74 Å². The molecule has 96 valence electrons. The zero-order valence-corrected chi connectivity index (χ0v) is 10.8. The predicted octanol–water partition coefficient (Wildman–Crippen LogP) is 2.79. The Bertz CT molecular complexity index is 323. The van der Waals surface area contributed by atoms with Crippen molar-refractivity contribution >= 4 is 0 Å². The number of hydrogen-bond acceptors (Lipinski definition) is 3. The highest BCUT2D eigenvalue weighted by molar-refractivity contribution is 5.29. The zero-order chi connectivity index (χ0) is 12.7. The van der Waals surface area contributed by atoms with Crippen LogP contribution in [-0.4, -0.2) is 25.4 Å². The highest BCUT2D eigenvalue weighted by atomic mass is 16.5. The van der Waals surface area contributed by atoms with E-state index >= 15 is 0 Å². The molecule has 0 heterocycles. The molecular weight excluding hydrogens is 216 g/mol. The fourth-order valence-corrected chi connectivity index (χ4v) is 1.46. The molecule has 0 radical (unpaired) electrons. The van der Waals surface area contributed by atoms with E-state index in [1.165, 1.54) is 0 Å².